The number of fused-ring (bicyclic) bond motifs is 9. The molecule has 8 aromatic carbocycles. The van der Waals surface area contributed by atoms with Crippen molar-refractivity contribution in [3.05, 3.63) is 187 Å². The van der Waals surface area contributed by atoms with Crippen LogP contribution in [-0.2, 0) is 5.41 Å². The summed E-state index contributed by atoms with van der Waals surface area (Å²) in [5, 5.41) is 3.95. The number of rotatable bonds is 5. The van der Waals surface area contributed by atoms with Crippen LogP contribution in [0, 0.1) is 0 Å². The standard InChI is InChI=1S/C54H35N3O2/c1-54(2)42-24-10-8-19-37(42)48-35(21-12-25-43(48)54)33-29-30-45-41(31-33)50-40(23-14-28-47(50)59-45)53-56-51(36-18-7-6-17-34(36)32-15-4-3-5-16-32)55-52(57-53)39-22-13-27-46-49(39)38-20-9-11-26-44(38)58-46/h3-31H,1-2H3. The molecule has 0 bridgehead atoms. The summed E-state index contributed by atoms with van der Waals surface area (Å²) in [6.07, 6.45) is 0. The molecule has 11 aromatic rings. The highest BCUT2D eigenvalue weighted by Gasteiger charge is 2.36. The second-order valence-corrected chi connectivity index (χ2v) is 15.9. The molecule has 0 amide bonds. The number of para-hydroxylation sites is 1. The van der Waals surface area contributed by atoms with Crippen LogP contribution in [0.2, 0.25) is 0 Å². The molecule has 0 radical (unpaired) electrons. The Morgan fingerprint density at radius 3 is 1.61 bits per heavy atom. The van der Waals surface area contributed by atoms with Crippen LogP contribution in [0.1, 0.15) is 25.0 Å². The van der Waals surface area contributed by atoms with Gasteiger partial charge in [-0.3, -0.25) is 0 Å². The molecule has 0 saturated carbocycles. The summed E-state index contributed by atoms with van der Waals surface area (Å²) in [6, 6.07) is 61.2. The molecule has 3 heterocycles. The van der Waals surface area contributed by atoms with Gasteiger partial charge in [-0.05, 0) is 74.8 Å². The third-order valence-corrected chi connectivity index (χ3v) is 12.2. The van der Waals surface area contributed by atoms with Gasteiger partial charge in [-0.15, -0.1) is 0 Å². The molecule has 0 unspecified atom stereocenters. The molecular formula is C54H35N3O2. The van der Waals surface area contributed by atoms with E-state index in [-0.39, 0.29) is 5.41 Å². The van der Waals surface area contributed by atoms with Crippen molar-refractivity contribution in [1.29, 1.82) is 0 Å². The van der Waals surface area contributed by atoms with Gasteiger partial charge >= 0.3 is 0 Å². The molecule has 5 heteroatoms. The summed E-state index contributed by atoms with van der Waals surface area (Å²) < 4.78 is 12.9. The Kier molecular flexibility index (Phi) is 7.20. The summed E-state index contributed by atoms with van der Waals surface area (Å²) in [5.74, 6) is 1.71. The van der Waals surface area contributed by atoms with Crippen LogP contribution >= 0.6 is 0 Å². The van der Waals surface area contributed by atoms with Gasteiger partial charge in [-0.1, -0.05) is 159 Å². The van der Waals surface area contributed by atoms with Crippen LogP contribution in [-0.4, -0.2) is 15.0 Å². The number of nitrogens with zero attached hydrogens (tertiary/aromatic N) is 3. The monoisotopic (exact) mass is 757 g/mol. The number of furan rings is 2. The van der Waals surface area contributed by atoms with Crippen LogP contribution in [0.4, 0.5) is 0 Å². The van der Waals surface area contributed by atoms with Crippen molar-refractivity contribution in [2.45, 2.75) is 19.3 Å². The molecule has 0 atom stereocenters. The van der Waals surface area contributed by atoms with E-state index in [1.54, 1.807) is 0 Å². The van der Waals surface area contributed by atoms with Gasteiger partial charge in [0.25, 0.3) is 0 Å². The lowest BCUT2D eigenvalue weighted by atomic mass is 9.82. The third-order valence-electron chi connectivity index (χ3n) is 12.2. The van der Waals surface area contributed by atoms with E-state index in [2.05, 4.69) is 135 Å². The van der Waals surface area contributed by atoms with Gasteiger partial charge in [0.15, 0.2) is 17.5 Å². The maximum atomic E-state index is 6.61. The highest BCUT2D eigenvalue weighted by Crippen LogP contribution is 2.52. The van der Waals surface area contributed by atoms with E-state index in [1.807, 2.05) is 54.6 Å². The van der Waals surface area contributed by atoms with Gasteiger partial charge in [-0.2, -0.15) is 0 Å². The van der Waals surface area contributed by atoms with Crippen molar-refractivity contribution in [2.75, 3.05) is 0 Å². The molecule has 1 aliphatic carbocycles. The maximum absolute atomic E-state index is 6.61. The first-order chi connectivity index (χ1) is 29.0. The minimum Gasteiger partial charge on any atom is -0.456 e. The van der Waals surface area contributed by atoms with Gasteiger partial charge in [0.2, 0.25) is 0 Å². The fraction of sp³-hybridized carbons (Fsp3) is 0.0556. The number of hydrogen-bond acceptors (Lipinski definition) is 5. The Hall–Kier alpha value is -7.63. The number of benzene rings is 8. The van der Waals surface area contributed by atoms with Crippen molar-refractivity contribution < 1.29 is 8.83 Å². The zero-order valence-electron chi connectivity index (χ0n) is 32.4. The maximum Gasteiger partial charge on any atom is 0.164 e. The van der Waals surface area contributed by atoms with Gasteiger partial charge < -0.3 is 8.83 Å². The highest BCUT2D eigenvalue weighted by molar-refractivity contribution is 6.14. The normalized spacial score (nSPS) is 13.1. The van der Waals surface area contributed by atoms with Gasteiger partial charge in [0.1, 0.15) is 22.3 Å². The smallest absolute Gasteiger partial charge is 0.164 e. The average Bonchev–Trinajstić information content (AvgIpc) is 3.94. The minimum absolute atomic E-state index is 0.0954. The van der Waals surface area contributed by atoms with Crippen molar-refractivity contribution >= 4 is 43.9 Å². The summed E-state index contributed by atoms with van der Waals surface area (Å²) in [7, 11) is 0. The molecule has 5 nitrogen and oxygen atoms in total. The lowest BCUT2D eigenvalue weighted by Crippen LogP contribution is -2.14. The molecule has 0 N–H and O–H groups in total. The first kappa shape index (κ1) is 33.5. The molecule has 0 spiro atoms. The molecule has 0 aliphatic heterocycles. The van der Waals surface area contributed by atoms with Gasteiger partial charge in [0.05, 0.1) is 0 Å². The fourth-order valence-electron chi connectivity index (χ4n) is 9.42. The molecule has 3 aromatic heterocycles. The van der Waals surface area contributed by atoms with Crippen molar-refractivity contribution in [3.8, 4) is 67.5 Å². The fourth-order valence-corrected chi connectivity index (χ4v) is 9.42. The molecule has 278 valence electrons. The SMILES string of the molecule is CC1(C)c2ccccc2-c2c(-c3ccc4oc5cccc(-c6nc(-c7ccccc7-c7ccccc7)nc(-c7cccc8oc9ccccc9c78)n6)c5c4c3)cccc21. The average molecular weight is 758 g/mol. The highest BCUT2D eigenvalue weighted by atomic mass is 16.3. The quantitative estimate of drug-likeness (QED) is 0.175. The zero-order valence-corrected chi connectivity index (χ0v) is 32.4. The van der Waals surface area contributed by atoms with Crippen LogP contribution in [0.25, 0.3) is 111 Å². The lowest BCUT2D eigenvalue weighted by molar-refractivity contribution is 0.660. The predicted molar refractivity (Wildman–Crippen MR) is 239 cm³/mol. The Balaban J connectivity index is 1.11. The summed E-state index contributed by atoms with van der Waals surface area (Å²) >= 11 is 0. The van der Waals surface area contributed by atoms with E-state index in [0.29, 0.717) is 17.5 Å². The second-order valence-electron chi connectivity index (χ2n) is 15.9. The van der Waals surface area contributed by atoms with Crippen molar-refractivity contribution in [2.24, 2.45) is 0 Å². The topological polar surface area (TPSA) is 65.0 Å². The molecular weight excluding hydrogens is 723 g/mol. The van der Waals surface area contributed by atoms with Crippen LogP contribution in [0.5, 0.6) is 0 Å². The largest absolute Gasteiger partial charge is 0.456 e. The first-order valence-electron chi connectivity index (χ1n) is 20.0. The molecule has 0 fully saturated rings. The Bertz CT molecular complexity index is 3480. The minimum atomic E-state index is -0.0954. The van der Waals surface area contributed by atoms with Crippen LogP contribution < -0.4 is 0 Å². The van der Waals surface area contributed by atoms with E-state index >= 15 is 0 Å². The predicted octanol–water partition coefficient (Wildman–Crippen LogP) is 14.3. The molecule has 0 saturated heterocycles. The molecule has 59 heavy (non-hydrogen) atoms. The van der Waals surface area contributed by atoms with Gasteiger partial charge in [0, 0.05) is 43.7 Å². The summed E-state index contributed by atoms with van der Waals surface area (Å²) in [4.78, 5) is 16.0. The first-order valence-corrected chi connectivity index (χ1v) is 20.0. The lowest BCUT2D eigenvalue weighted by Gasteiger charge is -2.21. The Labute approximate surface area is 340 Å². The van der Waals surface area contributed by atoms with E-state index in [0.717, 1.165) is 77.3 Å². The molecule has 1 aliphatic rings. The van der Waals surface area contributed by atoms with Crippen LogP contribution in [0.3, 0.4) is 0 Å². The second kappa shape index (κ2) is 12.7. The van der Waals surface area contributed by atoms with Crippen molar-refractivity contribution in [1.82, 2.24) is 15.0 Å². The van der Waals surface area contributed by atoms with Gasteiger partial charge in [-0.25, -0.2) is 15.0 Å². The number of aromatic nitrogens is 3. The van der Waals surface area contributed by atoms with E-state index in [4.69, 9.17) is 23.8 Å². The summed E-state index contributed by atoms with van der Waals surface area (Å²) in [5.41, 5.74) is 15.5. The zero-order chi connectivity index (χ0) is 39.2. The summed E-state index contributed by atoms with van der Waals surface area (Å²) in [6.45, 7) is 4.65. The van der Waals surface area contributed by atoms with Crippen LogP contribution in [0.15, 0.2) is 185 Å². The van der Waals surface area contributed by atoms with E-state index in [1.165, 1.54) is 27.8 Å². The van der Waals surface area contributed by atoms with E-state index < -0.39 is 0 Å². The van der Waals surface area contributed by atoms with Crippen molar-refractivity contribution in [3.63, 3.8) is 0 Å². The molecule has 12 rings (SSSR count). The van der Waals surface area contributed by atoms with E-state index in [9.17, 15) is 0 Å². The Morgan fingerprint density at radius 1 is 0.356 bits per heavy atom. The Morgan fingerprint density at radius 2 is 0.864 bits per heavy atom. The number of hydrogen-bond donors (Lipinski definition) is 0. The third kappa shape index (κ3) is 5.08.